The maximum atomic E-state index is 5.81. The lowest BCUT2D eigenvalue weighted by Gasteiger charge is -1.89. The van der Waals surface area contributed by atoms with Crippen LogP contribution in [0, 0.1) is 0 Å². The van der Waals surface area contributed by atoms with Gasteiger partial charge >= 0.3 is 0 Å². The van der Waals surface area contributed by atoms with E-state index in [9.17, 15) is 0 Å². The maximum absolute atomic E-state index is 5.81. The van der Waals surface area contributed by atoms with Crippen LogP contribution >= 0.6 is 11.6 Å². The lowest BCUT2D eigenvalue weighted by Crippen LogP contribution is -1.88. The Kier molecular flexibility index (Phi) is 1.32. The molecule has 0 bridgehead atoms. The average molecular weight is 168 g/mol. The molecule has 0 spiro atoms. The summed E-state index contributed by atoms with van der Waals surface area (Å²) in [4.78, 5) is 3.95. The molecule has 56 valence electrons. The minimum absolute atomic E-state index is 0.510. The fourth-order valence-corrected chi connectivity index (χ4v) is 1.33. The van der Waals surface area contributed by atoms with Crippen molar-refractivity contribution in [2.24, 2.45) is 7.05 Å². The first kappa shape index (κ1) is 6.61. The third kappa shape index (κ3) is 0.886. The van der Waals surface area contributed by atoms with Crippen molar-refractivity contribution in [3.8, 4) is 0 Å². The lowest BCUT2D eigenvalue weighted by molar-refractivity contribution is 0.797. The van der Waals surface area contributed by atoms with E-state index in [2.05, 4.69) is 10.1 Å². The van der Waals surface area contributed by atoms with Crippen molar-refractivity contribution in [1.82, 2.24) is 14.8 Å². The second kappa shape index (κ2) is 2.20. The molecule has 0 aliphatic rings. The number of fused-ring (bicyclic) bond motifs is 1. The summed E-state index contributed by atoms with van der Waals surface area (Å²) >= 11 is 5.81. The summed E-state index contributed by atoms with van der Waals surface area (Å²) in [6.07, 6.45) is 3.44. The van der Waals surface area contributed by atoms with Gasteiger partial charge in [0.15, 0.2) is 5.15 Å². The van der Waals surface area contributed by atoms with Crippen molar-refractivity contribution < 1.29 is 0 Å². The third-order valence-electron chi connectivity index (χ3n) is 1.61. The fraction of sp³-hybridized carbons (Fsp3) is 0.143. The Morgan fingerprint density at radius 2 is 2.36 bits per heavy atom. The number of hydrogen-bond donors (Lipinski definition) is 0. The molecular weight excluding hydrogens is 162 g/mol. The van der Waals surface area contributed by atoms with Crippen LogP contribution in [-0.2, 0) is 7.05 Å². The van der Waals surface area contributed by atoms with Gasteiger partial charge in [-0.05, 0) is 6.07 Å². The molecular formula is C7H6ClN3. The van der Waals surface area contributed by atoms with Crippen LogP contribution in [0.3, 0.4) is 0 Å². The van der Waals surface area contributed by atoms with Gasteiger partial charge in [-0.25, -0.2) is 0 Å². The molecule has 0 N–H and O–H groups in total. The van der Waals surface area contributed by atoms with E-state index in [1.54, 1.807) is 17.1 Å². The van der Waals surface area contributed by atoms with E-state index in [-0.39, 0.29) is 0 Å². The van der Waals surface area contributed by atoms with Crippen LogP contribution in [0.4, 0.5) is 0 Å². The Morgan fingerprint density at radius 1 is 1.55 bits per heavy atom. The third-order valence-corrected chi connectivity index (χ3v) is 1.89. The SMILES string of the molecule is Cn1nc(Cl)c2cnccc21. The molecule has 2 aromatic rings. The molecule has 3 nitrogen and oxygen atoms in total. The predicted molar refractivity (Wildman–Crippen MR) is 43.5 cm³/mol. The van der Waals surface area contributed by atoms with E-state index in [0.717, 1.165) is 10.9 Å². The molecule has 0 atom stereocenters. The van der Waals surface area contributed by atoms with Crippen molar-refractivity contribution >= 4 is 22.5 Å². The van der Waals surface area contributed by atoms with E-state index >= 15 is 0 Å². The second-order valence-corrected chi connectivity index (χ2v) is 2.67. The quantitative estimate of drug-likeness (QED) is 0.597. The van der Waals surface area contributed by atoms with Gasteiger partial charge in [-0.15, -0.1) is 0 Å². The predicted octanol–water partition coefficient (Wildman–Crippen LogP) is 1.62. The van der Waals surface area contributed by atoms with Crippen molar-refractivity contribution in [1.29, 1.82) is 0 Å². The minimum Gasteiger partial charge on any atom is -0.266 e. The van der Waals surface area contributed by atoms with Gasteiger partial charge in [-0.1, -0.05) is 11.6 Å². The zero-order chi connectivity index (χ0) is 7.84. The number of aromatic nitrogens is 3. The highest BCUT2D eigenvalue weighted by Crippen LogP contribution is 2.19. The van der Waals surface area contributed by atoms with Crippen LogP contribution in [0.1, 0.15) is 0 Å². The van der Waals surface area contributed by atoms with Gasteiger partial charge in [-0.3, -0.25) is 9.67 Å². The van der Waals surface area contributed by atoms with Gasteiger partial charge in [0.05, 0.1) is 10.9 Å². The van der Waals surface area contributed by atoms with Gasteiger partial charge in [0, 0.05) is 19.4 Å². The van der Waals surface area contributed by atoms with E-state index in [4.69, 9.17) is 11.6 Å². The normalized spacial score (nSPS) is 10.7. The second-order valence-electron chi connectivity index (χ2n) is 2.31. The molecule has 0 radical (unpaired) electrons. The Hall–Kier alpha value is -1.09. The first-order valence-corrected chi connectivity index (χ1v) is 3.59. The van der Waals surface area contributed by atoms with Gasteiger partial charge in [0.25, 0.3) is 0 Å². The highest BCUT2D eigenvalue weighted by Gasteiger charge is 2.03. The Balaban J connectivity index is 2.95. The first-order chi connectivity index (χ1) is 5.29. The summed E-state index contributed by atoms with van der Waals surface area (Å²) in [5.41, 5.74) is 1.00. The van der Waals surface area contributed by atoms with E-state index in [0.29, 0.717) is 5.15 Å². The van der Waals surface area contributed by atoms with E-state index in [1.807, 2.05) is 13.1 Å². The van der Waals surface area contributed by atoms with Crippen LogP contribution in [0.25, 0.3) is 10.9 Å². The summed E-state index contributed by atoms with van der Waals surface area (Å²) in [5, 5.41) is 5.44. The van der Waals surface area contributed by atoms with Gasteiger partial charge in [0.2, 0.25) is 0 Å². The Bertz CT molecular complexity index is 357. The summed E-state index contributed by atoms with van der Waals surface area (Å²) in [6, 6.07) is 1.88. The molecule has 2 heterocycles. The molecule has 0 amide bonds. The van der Waals surface area contributed by atoms with Crippen molar-refractivity contribution in [2.45, 2.75) is 0 Å². The molecule has 0 saturated carbocycles. The number of hydrogen-bond acceptors (Lipinski definition) is 2. The van der Waals surface area contributed by atoms with Gasteiger partial charge in [0.1, 0.15) is 0 Å². The van der Waals surface area contributed by atoms with Crippen LogP contribution in [0.2, 0.25) is 5.15 Å². The van der Waals surface area contributed by atoms with Crippen LogP contribution < -0.4 is 0 Å². The Labute approximate surface area is 68.6 Å². The summed E-state index contributed by atoms with van der Waals surface area (Å²) in [5.74, 6) is 0. The van der Waals surface area contributed by atoms with Gasteiger partial charge in [-0.2, -0.15) is 5.10 Å². The van der Waals surface area contributed by atoms with Crippen LogP contribution in [0.15, 0.2) is 18.5 Å². The monoisotopic (exact) mass is 167 g/mol. The highest BCUT2D eigenvalue weighted by atomic mass is 35.5. The van der Waals surface area contributed by atoms with Crippen molar-refractivity contribution in [3.05, 3.63) is 23.6 Å². The Morgan fingerprint density at radius 3 is 3.09 bits per heavy atom. The molecule has 0 unspecified atom stereocenters. The molecule has 0 saturated heterocycles. The summed E-state index contributed by atoms with van der Waals surface area (Å²) in [7, 11) is 1.86. The summed E-state index contributed by atoms with van der Waals surface area (Å²) < 4.78 is 1.74. The minimum atomic E-state index is 0.510. The maximum Gasteiger partial charge on any atom is 0.160 e. The highest BCUT2D eigenvalue weighted by molar-refractivity contribution is 6.34. The molecule has 0 aliphatic heterocycles. The summed E-state index contributed by atoms with van der Waals surface area (Å²) in [6.45, 7) is 0. The molecule has 0 fully saturated rings. The average Bonchev–Trinajstić information content (AvgIpc) is 2.30. The molecule has 4 heteroatoms. The largest absolute Gasteiger partial charge is 0.266 e. The standard InChI is InChI=1S/C7H6ClN3/c1-11-6-2-3-9-4-5(6)7(8)10-11/h2-4H,1H3. The van der Waals surface area contributed by atoms with Crippen LogP contribution in [0.5, 0.6) is 0 Å². The number of halogens is 1. The number of rotatable bonds is 0. The smallest absolute Gasteiger partial charge is 0.160 e. The van der Waals surface area contributed by atoms with E-state index in [1.165, 1.54) is 0 Å². The molecule has 2 aromatic heterocycles. The molecule has 11 heavy (non-hydrogen) atoms. The molecule has 0 aliphatic carbocycles. The number of pyridine rings is 1. The zero-order valence-corrected chi connectivity index (χ0v) is 6.71. The van der Waals surface area contributed by atoms with E-state index < -0.39 is 0 Å². The topological polar surface area (TPSA) is 30.7 Å². The van der Waals surface area contributed by atoms with Crippen molar-refractivity contribution in [3.63, 3.8) is 0 Å². The number of nitrogens with zero attached hydrogens (tertiary/aromatic N) is 3. The van der Waals surface area contributed by atoms with Gasteiger partial charge < -0.3 is 0 Å². The number of aryl methyl sites for hydroxylation is 1. The molecule has 0 aromatic carbocycles. The molecule has 2 rings (SSSR count). The lowest BCUT2D eigenvalue weighted by atomic mass is 10.3. The van der Waals surface area contributed by atoms with Crippen LogP contribution in [-0.4, -0.2) is 14.8 Å². The fourth-order valence-electron chi connectivity index (χ4n) is 1.07. The van der Waals surface area contributed by atoms with Crippen molar-refractivity contribution in [2.75, 3.05) is 0 Å². The zero-order valence-electron chi connectivity index (χ0n) is 5.95. The first-order valence-electron chi connectivity index (χ1n) is 3.21.